The van der Waals surface area contributed by atoms with Crippen molar-refractivity contribution in [3.63, 3.8) is 0 Å². The molecule has 5 heteroatoms. The largest absolute Gasteiger partial charge is 0.486 e. The van der Waals surface area contributed by atoms with E-state index in [1.54, 1.807) is 0 Å². The molecule has 0 amide bonds. The highest BCUT2D eigenvalue weighted by Crippen LogP contribution is 2.34. The van der Waals surface area contributed by atoms with Gasteiger partial charge < -0.3 is 20.1 Å². The third-order valence-corrected chi connectivity index (χ3v) is 4.46. The van der Waals surface area contributed by atoms with E-state index in [0.717, 1.165) is 31.1 Å². The summed E-state index contributed by atoms with van der Waals surface area (Å²) < 4.78 is 11.3. The highest BCUT2D eigenvalue weighted by atomic mass is 16.6. The highest BCUT2D eigenvalue weighted by Gasteiger charge is 2.29. The maximum absolute atomic E-state index is 6.08. The summed E-state index contributed by atoms with van der Waals surface area (Å²) >= 11 is 0. The predicted molar refractivity (Wildman–Crippen MR) is 82.9 cm³/mol. The average Bonchev–Trinajstić information content (AvgIpc) is 2.50. The summed E-state index contributed by atoms with van der Waals surface area (Å²) in [5, 5.41) is 0. The van der Waals surface area contributed by atoms with Gasteiger partial charge in [0.25, 0.3) is 0 Å². The molecule has 5 nitrogen and oxygen atoms in total. The van der Waals surface area contributed by atoms with E-state index in [4.69, 9.17) is 15.2 Å². The van der Waals surface area contributed by atoms with Gasteiger partial charge in [-0.3, -0.25) is 4.90 Å². The zero-order valence-electron chi connectivity index (χ0n) is 12.9. The Bertz CT molecular complexity index is 494. The van der Waals surface area contributed by atoms with Crippen LogP contribution in [0.3, 0.4) is 0 Å². The molecule has 0 aliphatic carbocycles. The number of fused-ring (bicyclic) bond motifs is 1. The number of likely N-dealkylation sites (N-methyl/N-ethyl adjacent to an activating group) is 1. The Kier molecular flexibility index (Phi) is 4.33. The van der Waals surface area contributed by atoms with Gasteiger partial charge in [-0.2, -0.15) is 0 Å². The molecule has 1 aromatic rings. The highest BCUT2D eigenvalue weighted by molar-refractivity contribution is 5.44. The van der Waals surface area contributed by atoms with Crippen molar-refractivity contribution < 1.29 is 9.47 Å². The lowest BCUT2D eigenvalue weighted by Gasteiger charge is -2.42. The molecule has 3 rings (SSSR count). The number of hydrogen-bond donors (Lipinski definition) is 1. The van der Waals surface area contributed by atoms with Crippen molar-refractivity contribution in [1.29, 1.82) is 0 Å². The fourth-order valence-electron chi connectivity index (χ4n) is 3.35. The van der Waals surface area contributed by atoms with E-state index in [1.165, 1.54) is 5.56 Å². The molecule has 2 heterocycles. The van der Waals surface area contributed by atoms with E-state index in [9.17, 15) is 0 Å². The number of hydrogen-bond acceptors (Lipinski definition) is 5. The third-order valence-electron chi connectivity index (χ3n) is 4.46. The van der Waals surface area contributed by atoms with Crippen LogP contribution in [-0.4, -0.2) is 62.3 Å². The molecule has 0 radical (unpaired) electrons. The Morgan fingerprint density at radius 1 is 1.24 bits per heavy atom. The average molecular weight is 291 g/mol. The Balaban J connectivity index is 1.82. The van der Waals surface area contributed by atoms with E-state index in [-0.39, 0.29) is 6.04 Å². The second-order valence-electron chi connectivity index (χ2n) is 6.00. The molecule has 1 fully saturated rings. The molecule has 2 atom stereocenters. The van der Waals surface area contributed by atoms with Crippen LogP contribution in [0.5, 0.6) is 11.5 Å². The summed E-state index contributed by atoms with van der Waals surface area (Å²) in [7, 11) is 2.18. The van der Waals surface area contributed by atoms with Gasteiger partial charge in [0.15, 0.2) is 11.5 Å². The van der Waals surface area contributed by atoms with Gasteiger partial charge in [-0.15, -0.1) is 0 Å². The van der Waals surface area contributed by atoms with Crippen molar-refractivity contribution in [2.75, 3.05) is 46.4 Å². The van der Waals surface area contributed by atoms with Gasteiger partial charge in [0, 0.05) is 38.3 Å². The first-order valence-electron chi connectivity index (χ1n) is 7.73. The number of ether oxygens (including phenoxy) is 2. The summed E-state index contributed by atoms with van der Waals surface area (Å²) in [6, 6.07) is 6.97. The maximum atomic E-state index is 6.08. The molecule has 0 aromatic heterocycles. The van der Waals surface area contributed by atoms with Gasteiger partial charge in [0.1, 0.15) is 13.2 Å². The lowest BCUT2D eigenvalue weighted by Crippen LogP contribution is -2.52. The molecular formula is C16H25N3O2. The maximum Gasteiger partial charge on any atom is 0.161 e. The first-order valence-corrected chi connectivity index (χ1v) is 7.73. The van der Waals surface area contributed by atoms with Gasteiger partial charge >= 0.3 is 0 Å². The van der Waals surface area contributed by atoms with E-state index in [1.807, 2.05) is 6.07 Å². The van der Waals surface area contributed by atoms with Crippen LogP contribution in [0.1, 0.15) is 18.5 Å². The summed E-state index contributed by atoms with van der Waals surface area (Å²) in [6.45, 7) is 7.36. The fourth-order valence-corrected chi connectivity index (χ4v) is 3.35. The number of nitrogens with two attached hydrogens (primary N) is 1. The Labute approximate surface area is 126 Å². The minimum absolute atomic E-state index is 0.240. The quantitative estimate of drug-likeness (QED) is 0.903. The summed E-state index contributed by atoms with van der Waals surface area (Å²) in [4.78, 5) is 4.88. The number of rotatable bonds is 3. The molecule has 2 N–H and O–H groups in total. The van der Waals surface area contributed by atoms with Crippen molar-refractivity contribution >= 4 is 0 Å². The zero-order chi connectivity index (χ0) is 14.8. The van der Waals surface area contributed by atoms with Gasteiger partial charge in [-0.1, -0.05) is 6.07 Å². The molecule has 2 aliphatic heterocycles. The van der Waals surface area contributed by atoms with Crippen molar-refractivity contribution in [1.82, 2.24) is 9.80 Å². The predicted octanol–water partition coefficient (Wildman–Crippen LogP) is 1.09. The van der Waals surface area contributed by atoms with Crippen LogP contribution in [0.2, 0.25) is 0 Å². The van der Waals surface area contributed by atoms with Gasteiger partial charge in [-0.25, -0.2) is 0 Å². The normalized spacial score (nSPS) is 24.8. The molecule has 116 valence electrons. The Morgan fingerprint density at radius 2 is 2.00 bits per heavy atom. The topological polar surface area (TPSA) is 51.0 Å². The minimum atomic E-state index is 0.240. The molecule has 2 unspecified atom stereocenters. The fraction of sp³-hybridized carbons (Fsp3) is 0.625. The van der Waals surface area contributed by atoms with Crippen LogP contribution < -0.4 is 15.2 Å². The SMILES string of the molecule is CC1CN(C)CCN1C(CN)c1ccc2c(c1)OCCO2. The van der Waals surface area contributed by atoms with Gasteiger partial charge in [0.05, 0.1) is 0 Å². The molecule has 1 aromatic carbocycles. The van der Waals surface area contributed by atoms with Crippen LogP contribution in [0, 0.1) is 0 Å². The molecule has 0 saturated carbocycles. The van der Waals surface area contributed by atoms with E-state index in [0.29, 0.717) is 25.8 Å². The van der Waals surface area contributed by atoms with E-state index in [2.05, 4.69) is 35.9 Å². The Hall–Kier alpha value is -1.30. The summed E-state index contributed by atoms with van der Waals surface area (Å²) in [6.07, 6.45) is 0. The van der Waals surface area contributed by atoms with Crippen molar-refractivity contribution in [3.8, 4) is 11.5 Å². The molecular weight excluding hydrogens is 266 g/mol. The van der Waals surface area contributed by atoms with Crippen LogP contribution in [0.4, 0.5) is 0 Å². The molecule has 2 aliphatic rings. The summed E-state index contributed by atoms with van der Waals surface area (Å²) in [5.74, 6) is 1.69. The van der Waals surface area contributed by atoms with Crippen LogP contribution in [0.15, 0.2) is 18.2 Å². The second-order valence-corrected chi connectivity index (χ2v) is 6.00. The minimum Gasteiger partial charge on any atom is -0.486 e. The lowest BCUT2D eigenvalue weighted by molar-refractivity contribution is 0.0633. The molecule has 0 spiro atoms. The Morgan fingerprint density at radius 3 is 2.71 bits per heavy atom. The van der Waals surface area contributed by atoms with Crippen LogP contribution in [-0.2, 0) is 0 Å². The van der Waals surface area contributed by atoms with Crippen molar-refractivity contribution in [2.24, 2.45) is 5.73 Å². The van der Waals surface area contributed by atoms with Crippen LogP contribution in [0.25, 0.3) is 0 Å². The van der Waals surface area contributed by atoms with Gasteiger partial charge in [0.2, 0.25) is 0 Å². The van der Waals surface area contributed by atoms with Gasteiger partial charge in [-0.05, 0) is 31.7 Å². The third kappa shape index (κ3) is 3.00. The monoisotopic (exact) mass is 291 g/mol. The first kappa shape index (κ1) is 14.6. The molecule has 21 heavy (non-hydrogen) atoms. The zero-order valence-corrected chi connectivity index (χ0v) is 12.9. The van der Waals surface area contributed by atoms with E-state index < -0.39 is 0 Å². The first-order chi connectivity index (χ1) is 10.2. The van der Waals surface area contributed by atoms with Crippen molar-refractivity contribution in [3.05, 3.63) is 23.8 Å². The number of nitrogens with zero attached hydrogens (tertiary/aromatic N) is 2. The second kappa shape index (κ2) is 6.22. The molecule has 0 bridgehead atoms. The molecule has 1 saturated heterocycles. The van der Waals surface area contributed by atoms with Crippen molar-refractivity contribution in [2.45, 2.75) is 19.0 Å². The van der Waals surface area contributed by atoms with Crippen LogP contribution >= 0.6 is 0 Å². The number of benzene rings is 1. The summed E-state index contributed by atoms with van der Waals surface area (Å²) in [5.41, 5.74) is 7.30. The smallest absolute Gasteiger partial charge is 0.161 e. The van der Waals surface area contributed by atoms with E-state index >= 15 is 0 Å². The lowest BCUT2D eigenvalue weighted by atomic mass is 10.0. The standard InChI is InChI=1S/C16H25N3O2/c1-12-11-18(2)5-6-19(12)14(10-17)13-3-4-15-16(9-13)21-8-7-20-15/h3-4,9,12,14H,5-8,10-11,17H2,1-2H3. The number of piperazine rings is 1.